The zero-order valence-corrected chi connectivity index (χ0v) is 10.8. The maximum absolute atomic E-state index is 5.66. The summed E-state index contributed by atoms with van der Waals surface area (Å²) in [5.41, 5.74) is 6.49. The van der Waals surface area contributed by atoms with Crippen molar-refractivity contribution >= 4 is 23.0 Å². The third-order valence-electron chi connectivity index (χ3n) is 2.30. The van der Waals surface area contributed by atoms with E-state index in [-0.39, 0.29) is 0 Å². The lowest BCUT2D eigenvalue weighted by molar-refractivity contribution is 0.416. The minimum Gasteiger partial charge on any atom is -0.389 e. The van der Waals surface area contributed by atoms with Crippen LogP contribution in [-0.4, -0.2) is 49.1 Å². The van der Waals surface area contributed by atoms with Gasteiger partial charge in [0, 0.05) is 26.3 Å². The van der Waals surface area contributed by atoms with Gasteiger partial charge in [0.15, 0.2) is 0 Å². The van der Waals surface area contributed by atoms with E-state index in [0.717, 1.165) is 24.5 Å². The van der Waals surface area contributed by atoms with E-state index in [1.807, 2.05) is 33.3 Å². The first kappa shape index (κ1) is 12.9. The molecule has 1 aromatic heterocycles. The van der Waals surface area contributed by atoms with Crippen LogP contribution in [0.4, 0.5) is 5.82 Å². The summed E-state index contributed by atoms with van der Waals surface area (Å²) in [7, 11) is 6.08. The topological polar surface area (TPSA) is 45.4 Å². The standard InChI is InChI=1S/C11H18N4S/c1-14(2)7-8-15(3)11-9(10(12)16)5-4-6-13-11/h4-6H,7-8H2,1-3H3,(H2,12,16). The van der Waals surface area contributed by atoms with Gasteiger partial charge in [-0.3, -0.25) is 0 Å². The molecule has 0 spiro atoms. The molecule has 0 bridgehead atoms. The van der Waals surface area contributed by atoms with Gasteiger partial charge in [-0.15, -0.1) is 0 Å². The van der Waals surface area contributed by atoms with E-state index in [2.05, 4.69) is 14.8 Å². The molecule has 0 aliphatic rings. The first-order valence-corrected chi connectivity index (χ1v) is 5.54. The molecule has 0 saturated carbocycles. The molecule has 0 radical (unpaired) electrons. The van der Waals surface area contributed by atoms with Crippen molar-refractivity contribution in [3.05, 3.63) is 23.9 Å². The average Bonchev–Trinajstić information content (AvgIpc) is 2.25. The van der Waals surface area contributed by atoms with Crippen LogP contribution in [0.15, 0.2) is 18.3 Å². The maximum Gasteiger partial charge on any atom is 0.138 e. The van der Waals surface area contributed by atoms with E-state index in [9.17, 15) is 0 Å². The summed E-state index contributed by atoms with van der Waals surface area (Å²) in [4.78, 5) is 8.90. The van der Waals surface area contributed by atoms with E-state index < -0.39 is 0 Å². The van der Waals surface area contributed by atoms with Gasteiger partial charge in [-0.1, -0.05) is 12.2 Å². The number of likely N-dealkylation sites (N-methyl/N-ethyl adjacent to an activating group) is 2. The zero-order chi connectivity index (χ0) is 12.1. The van der Waals surface area contributed by atoms with E-state index in [1.165, 1.54) is 0 Å². The number of anilines is 1. The number of nitrogens with two attached hydrogens (primary N) is 1. The Bertz CT molecular complexity index is 365. The van der Waals surface area contributed by atoms with E-state index in [0.29, 0.717) is 4.99 Å². The molecule has 1 rings (SSSR count). The fourth-order valence-corrected chi connectivity index (χ4v) is 1.51. The van der Waals surface area contributed by atoms with Gasteiger partial charge >= 0.3 is 0 Å². The Balaban J connectivity index is 2.82. The Hall–Kier alpha value is -1.20. The van der Waals surface area contributed by atoms with Crippen LogP contribution < -0.4 is 10.6 Å². The Labute approximate surface area is 102 Å². The number of rotatable bonds is 5. The molecule has 0 saturated heterocycles. The molecule has 0 unspecified atom stereocenters. The summed E-state index contributed by atoms with van der Waals surface area (Å²) in [5.74, 6) is 0.844. The van der Waals surface area contributed by atoms with Gasteiger partial charge in [0.05, 0.1) is 5.56 Å². The Morgan fingerprint density at radius 3 is 2.62 bits per heavy atom. The normalized spacial score (nSPS) is 10.5. The van der Waals surface area contributed by atoms with Gasteiger partial charge in [-0.05, 0) is 26.2 Å². The van der Waals surface area contributed by atoms with Gasteiger partial charge in [0.2, 0.25) is 0 Å². The van der Waals surface area contributed by atoms with Gasteiger partial charge in [-0.25, -0.2) is 4.98 Å². The molecule has 0 amide bonds. The highest BCUT2D eigenvalue weighted by atomic mass is 32.1. The fourth-order valence-electron chi connectivity index (χ4n) is 1.35. The van der Waals surface area contributed by atoms with Crippen molar-refractivity contribution in [2.45, 2.75) is 0 Å². The predicted octanol–water partition coefficient (Wildman–Crippen LogP) is 0.714. The summed E-state index contributed by atoms with van der Waals surface area (Å²) in [6.45, 7) is 1.85. The number of nitrogens with zero attached hydrogens (tertiary/aromatic N) is 3. The number of aromatic nitrogens is 1. The van der Waals surface area contributed by atoms with Crippen molar-refractivity contribution < 1.29 is 0 Å². The van der Waals surface area contributed by atoms with Crippen LogP contribution >= 0.6 is 12.2 Å². The van der Waals surface area contributed by atoms with Crippen molar-refractivity contribution in [1.82, 2.24) is 9.88 Å². The van der Waals surface area contributed by atoms with E-state index >= 15 is 0 Å². The van der Waals surface area contributed by atoms with Crippen molar-refractivity contribution in [2.24, 2.45) is 5.73 Å². The molecular weight excluding hydrogens is 220 g/mol. The molecule has 0 fully saturated rings. The molecule has 4 nitrogen and oxygen atoms in total. The highest BCUT2D eigenvalue weighted by molar-refractivity contribution is 7.80. The number of hydrogen-bond donors (Lipinski definition) is 1. The molecule has 1 heterocycles. The van der Waals surface area contributed by atoms with Crippen LogP contribution in [0.2, 0.25) is 0 Å². The smallest absolute Gasteiger partial charge is 0.138 e. The first-order chi connectivity index (χ1) is 7.52. The highest BCUT2D eigenvalue weighted by Gasteiger charge is 2.10. The molecule has 0 aromatic carbocycles. The second kappa shape index (κ2) is 5.77. The summed E-state index contributed by atoms with van der Waals surface area (Å²) in [6.07, 6.45) is 1.75. The van der Waals surface area contributed by atoms with Crippen LogP contribution in [0.5, 0.6) is 0 Å². The summed E-state index contributed by atoms with van der Waals surface area (Å²) < 4.78 is 0. The molecule has 88 valence electrons. The van der Waals surface area contributed by atoms with Crippen molar-refractivity contribution in [3.63, 3.8) is 0 Å². The highest BCUT2D eigenvalue weighted by Crippen LogP contribution is 2.15. The third kappa shape index (κ3) is 3.43. The minimum atomic E-state index is 0.389. The van der Waals surface area contributed by atoms with Crippen LogP contribution in [-0.2, 0) is 0 Å². The van der Waals surface area contributed by atoms with Crippen LogP contribution in [0.3, 0.4) is 0 Å². The third-order valence-corrected chi connectivity index (χ3v) is 2.52. The largest absolute Gasteiger partial charge is 0.389 e. The molecule has 0 aliphatic carbocycles. The van der Waals surface area contributed by atoms with Crippen molar-refractivity contribution in [2.75, 3.05) is 39.1 Å². The Kier molecular flexibility index (Phi) is 4.64. The number of pyridine rings is 1. The predicted molar refractivity (Wildman–Crippen MR) is 71.9 cm³/mol. The first-order valence-electron chi connectivity index (χ1n) is 5.13. The molecule has 1 aromatic rings. The second-order valence-corrected chi connectivity index (χ2v) is 4.40. The van der Waals surface area contributed by atoms with Gasteiger partial charge in [-0.2, -0.15) is 0 Å². The SMILES string of the molecule is CN(C)CCN(C)c1ncccc1C(N)=S. The van der Waals surface area contributed by atoms with E-state index in [1.54, 1.807) is 6.20 Å². The Morgan fingerprint density at radius 1 is 1.38 bits per heavy atom. The monoisotopic (exact) mass is 238 g/mol. The number of hydrogen-bond acceptors (Lipinski definition) is 4. The average molecular weight is 238 g/mol. The van der Waals surface area contributed by atoms with Crippen molar-refractivity contribution in [1.29, 1.82) is 0 Å². The Morgan fingerprint density at radius 2 is 2.06 bits per heavy atom. The lowest BCUT2D eigenvalue weighted by atomic mass is 10.2. The summed E-state index contributed by atoms with van der Waals surface area (Å²) in [6, 6.07) is 3.74. The fraction of sp³-hybridized carbons (Fsp3) is 0.455. The van der Waals surface area contributed by atoms with Crippen LogP contribution in [0.25, 0.3) is 0 Å². The molecule has 0 atom stereocenters. The van der Waals surface area contributed by atoms with Gasteiger partial charge < -0.3 is 15.5 Å². The molecule has 16 heavy (non-hydrogen) atoms. The summed E-state index contributed by atoms with van der Waals surface area (Å²) >= 11 is 5.01. The lowest BCUT2D eigenvalue weighted by Crippen LogP contribution is -2.30. The van der Waals surface area contributed by atoms with Gasteiger partial charge in [0.1, 0.15) is 10.8 Å². The van der Waals surface area contributed by atoms with Crippen LogP contribution in [0.1, 0.15) is 5.56 Å². The molecular formula is C11H18N4S. The molecule has 5 heteroatoms. The maximum atomic E-state index is 5.66. The minimum absolute atomic E-state index is 0.389. The van der Waals surface area contributed by atoms with Gasteiger partial charge in [0.25, 0.3) is 0 Å². The quantitative estimate of drug-likeness (QED) is 0.766. The molecule has 2 N–H and O–H groups in total. The number of thiocarbonyl (C=S) groups is 1. The van der Waals surface area contributed by atoms with E-state index in [4.69, 9.17) is 18.0 Å². The van der Waals surface area contributed by atoms with Crippen molar-refractivity contribution in [3.8, 4) is 0 Å². The zero-order valence-electron chi connectivity index (χ0n) is 9.97. The molecule has 0 aliphatic heterocycles. The lowest BCUT2D eigenvalue weighted by Gasteiger charge is -2.22. The summed E-state index contributed by atoms with van der Waals surface area (Å²) in [5, 5.41) is 0. The van der Waals surface area contributed by atoms with Crippen LogP contribution in [0, 0.1) is 0 Å². The second-order valence-electron chi connectivity index (χ2n) is 3.96.